The highest BCUT2D eigenvalue weighted by Gasteiger charge is 2.51. The minimum atomic E-state index is -4.42. The Hall–Kier alpha value is -2.55. The Morgan fingerprint density at radius 3 is 2.30 bits per heavy atom. The second kappa shape index (κ2) is 11.7. The SMILES string of the molecule is CC1(C)C2CC=C(CN(CCN3CCN(C(=O)C4CCCCC4)CC3)C(=O)Nc3ccc(C(F)(F)F)cc3)C1C2. The molecule has 9 heteroatoms. The van der Waals surface area contributed by atoms with Gasteiger partial charge in [0, 0.05) is 57.4 Å². The number of carbonyl (C=O) groups excluding carboxylic acids is 2. The van der Waals surface area contributed by atoms with E-state index in [-0.39, 0.29) is 17.4 Å². The Kier molecular flexibility index (Phi) is 8.50. The average Bonchev–Trinajstić information content (AvgIpc) is 2.95. The van der Waals surface area contributed by atoms with Gasteiger partial charge in [0.15, 0.2) is 0 Å². The summed E-state index contributed by atoms with van der Waals surface area (Å²) in [6.07, 6.45) is 5.61. The lowest BCUT2D eigenvalue weighted by atomic mass is 9.49. The number of amides is 3. The molecule has 5 aliphatic rings. The number of hydrogen-bond acceptors (Lipinski definition) is 3. The fourth-order valence-corrected chi connectivity index (χ4v) is 7.14. The van der Waals surface area contributed by atoms with E-state index in [2.05, 4.69) is 30.1 Å². The Morgan fingerprint density at radius 1 is 1.02 bits per heavy atom. The molecule has 2 saturated carbocycles. The topological polar surface area (TPSA) is 55.9 Å². The standard InChI is InChI=1S/C31H43F3N4O2/c1-30(2)25-9-8-23(27(30)20-25)21-38(29(40)35-26-12-10-24(11-13-26)31(32,33)34)19-16-36-14-17-37(18-15-36)28(39)22-6-4-3-5-7-22/h8,10-13,22,25,27H,3-7,9,14-21H2,1-2H3,(H,35,40). The fourth-order valence-electron chi connectivity index (χ4n) is 7.14. The molecule has 1 saturated heterocycles. The molecule has 6 rings (SSSR count). The second-order valence-corrected chi connectivity index (χ2v) is 12.7. The summed E-state index contributed by atoms with van der Waals surface area (Å²) in [6, 6.07) is 4.30. The smallest absolute Gasteiger partial charge is 0.340 e. The van der Waals surface area contributed by atoms with E-state index in [1.165, 1.54) is 24.1 Å². The maximum Gasteiger partial charge on any atom is 0.416 e. The van der Waals surface area contributed by atoms with E-state index in [4.69, 9.17) is 0 Å². The molecule has 40 heavy (non-hydrogen) atoms. The van der Waals surface area contributed by atoms with Gasteiger partial charge in [-0.05, 0) is 67.2 Å². The van der Waals surface area contributed by atoms with Crippen LogP contribution in [0.5, 0.6) is 0 Å². The maximum atomic E-state index is 13.4. The number of allylic oxidation sites excluding steroid dienone is 1. The van der Waals surface area contributed by atoms with Crippen LogP contribution in [-0.4, -0.2) is 72.5 Å². The zero-order valence-electron chi connectivity index (χ0n) is 23.8. The van der Waals surface area contributed by atoms with Crippen LogP contribution in [0.1, 0.15) is 64.4 Å². The van der Waals surface area contributed by atoms with Crippen molar-refractivity contribution in [1.29, 1.82) is 0 Å². The number of benzene rings is 1. The molecule has 4 aliphatic carbocycles. The zero-order chi connectivity index (χ0) is 28.5. The Balaban J connectivity index is 1.19. The number of carbonyl (C=O) groups is 2. The summed E-state index contributed by atoms with van der Waals surface area (Å²) in [4.78, 5) is 32.5. The van der Waals surface area contributed by atoms with Gasteiger partial charge in [-0.25, -0.2) is 4.79 Å². The van der Waals surface area contributed by atoms with Crippen LogP contribution < -0.4 is 5.32 Å². The van der Waals surface area contributed by atoms with Crippen LogP contribution in [0.25, 0.3) is 0 Å². The van der Waals surface area contributed by atoms with Crippen LogP contribution in [-0.2, 0) is 11.0 Å². The summed E-state index contributed by atoms with van der Waals surface area (Å²) < 4.78 is 39.0. The first kappa shape index (κ1) is 29.0. The quantitative estimate of drug-likeness (QED) is 0.401. The van der Waals surface area contributed by atoms with E-state index in [0.29, 0.717) is 43.1 Å². The first-order chi connectivity index (χ1) is 19.0. The Bertz CT molecular complexity index is 1090. The number of urea groups is 1. The molecule has 0 spiro atoms. The largest absolute Gasteiger partial charge is 0.416 e. The molecule has 1 heterocycles. The summed E-state index contributed by atoms with van der Waals surface area (Å²) in [6.45, 7) is 9.34. The van der Waals surface area contributed by atoms with Crippen molar-refractivity contribution in [1.82, 2.24) is 14.7 Å². The minimum Gasteiger partial charge on any atom is -0.340 e. The highest BCUT2D eigenvalue weighted by molar-refractivity contribution is 5.89. The van der Waals surface area contributed by atoms with Crippen molar-refractivity contribution in [3.8, 4) is 0 Å². The molecule has 1 aromatic rings. The molecule has 6 nitrogen and oxygen atoms in total. The number of nitrogens with one attached hydrogen (secondary N) is 1. The lowest BCUT2D eigenvalue weighted by molar-refractivity contribution is -0.138. The van der Waals surface area contributed by atoms with Gasteiger partial charge in [-0.1, -0.05) is 44.8 Å². The highest BCUT2D eigenvalue weighted by Crippen LogP contribution is 2.59. The summed E-state index contributed by atoms with van der Waals surface area (Å²) in [7, 11) is 0. The summed E-state index contributed by atoms with van der Waals surface area (Å²) >= 11 is 0. The van der Waals surface area contributed by atoms with E-state index in [9.17, 15) is 22.8 Å². The molecule has 2 atom stereocenters. The third-order valence-electron chi connectivity index (χ3n) is 10.0. The van der Waals surface area contributed by atoms with Gasteiger partial charge in [0.05, 0.1) is 5.56 Å². The summed E-state index contributed by atoms with van der Waals surface area (Å²) in [5, 5.41) is 2.83. The number of hydrogen-bond donors (Lipinski definition) is 1. The number of rotatable bonds is 7. The molecule has 1 N–H and O–H groups in total. The number of nitrogens with zero attached hydrogens (tertiary/aromatic N) is 3. The second-order valence-electron chi connectivity index (χ2n) is 12.7. The lowest BCUT2D eigenvalue weighted by Crippen LogP contribution is -2.53. The first-order valence-electron chi connectivity index (χ1n) is 15.0. The van der Waals surface area contributed by atoms with Crippen LogP contribution >= 0.6 is 0 Å². The van der Waals surface area contributed by atoms with Crippen LogP contribution in [0, 0.1) is 23.2 Å². The highest BCUT2D eigenvalue weighted by atomic mass is 19.4. The van der Waals surface area contributed by atoms with Crippen molar-refractivity contribution in [2.45, 2.75) is 65.0 Å². The number of anilines is 1. The first-order valence-corrected chi connectivity index (χ1v) is 15.0. The average molecular weight is 561 g/mol. The van der Waals surface area contributed by atoms with E-state index in [1.807, 2.05) is 4.90 Å². The van der Waals surface area contributed by atoms with Crippen molar-refractivity contribution in [2.75, 3.05) is 51.1 Å². The third kappa shape index (κ3) is 6.34. The van der Waals surface area contributed by atoms with Gasteiger partial charge < -0.3 is 15.1 Å². The lowest BCUT2D eigenvalue weighted by Gasteiger charge is -2.57. The van der Waals surface area contributed by atoms with Crippen molar-refractivity contribution in [3.63, 3.8) is 0 Å². The third-order valence-corrected chi connectivity index (χ3v) is 10.0. The molecule has 220 valence electrons. The normalized spacial score (nSPS) is 25.1. The van der Waals surface area contributed by atoms with Gasteiger partial charge in [0.2, 0.25) is 5.91 Å². The van der Waals surface area contributed by atoms with E-state index in [0.717, 1.165) is 76.8 Å². The van der Waals surface area contributed by atoms with Gasteiger partial charge in [-0.15, -0.1) is 0 Å². The fraction of sp³-hybridized carbons (Fsp3) is 0.677. The molecule has 2 bridgehead atoms. The molecule has 3 amide bonds. The molecule has 2 unspecified atom stereocenters. The van der Waals surface area contributed by atoms with Crippen LogP contribution in [0.4, 0.5) is 23.7 Å². The predicted molar refractivity (Wildman–Crippen MR) is 150 cm³/mol. The van der Waals surface area contributed by atoms with Gasteiger partial charge >= 0.3 is 12.2 Å². The molecular formula is C31H43F3N4O2. The number of fused-ring (bicyclic) bond motifs is 1. The number of alkyl halides is 3. The van der Waals surface area contributed by atoms with E-state index < -0.39 is 11.7 Å². The molecule has 1 aliphatic heterocycles. The van der Waals surface area contributed by atoms with Crippen LogP contribution in [0.3, 0.4) is 0 Å². The van der Waals surface area contributed by atoms with Gasteiger partial charge in [0.25, 0.3) is 0 Å². The summed E-state index contributed by atoms with van der Waals surface area (Å²) in [5.41, 5.74) is 1.14. The van der Waals surface area contributed by atoms with Crippen molar-refractivity contribution < 1.29 is 22.8 Å². The predicted octanol–water partition coefficient (Wildman–Crippen LogP) is 6.26. The molecular weight excluding hydrogens is 517 g/mol. The molecule has 0 radical (unpaired) electrons. The van der Waals surface area contributed by atoms with Crippen molar-refractivity contribution in [2.24, 2.45) is 23.2 Å². The molecule has 0 aromatic heterocycles. The van der Waals surface area contributed by atoms with Crippen LogP contribution in [0.15, 0.2) is 35.9 Å². The number of halogens is 3. The Labute approximate surface area is 235 Å². The Morgan fingerprint density at radius 2 is 1.70 bits per heavy atom. The minimum absolute atomic E-state index is 0.184. The number of piperazine rings is 1. The van der Waals surface area contributed by atoms with Crippen molar-refractivity contribution in [3.05, 3.63) is 41.5 Å². The molecule has 3 fully saturated rings. The van der Waals surface area contributed by atoms with Crippen LogP contribution in [0.2, 0.25) is 0 Å². The molecule has 1 aromatic carbocycles. The summed E-state index contributed by atoms with van der Waals surface area (Å²) in [5.74, 6) is 1.65. The van der Waals surface area contributed by atoms with Gasteiger partial charge in [-0.2, -0.15) is 13.2 Å². The van der Waals surface area contributed by atoms with Gasteiger partial charge in [-0.3, -0.25) is 9.69 Å². The monoisotopic (exact) mass is 560 g/mol. The zero-order valence-corrected chi connectivity index (χ0v) is 23.8. The van der Waals surface area contributed by atoms with Crippen molar-refractivity contribution >= 4 is 17.6 Å². The van der Waals surface area contributed by atoms with E-state index in [1.54, 1.807) is 4.90 Å². The van der Waals surface area contributed by atoms with Gasteiger partial charge in [0.1, 0.15) is 0 Å². The van der Waals surface area contributed by atoms with E-state index >= 15 is 0 Å². The maximum absolute atomic E-state index is 13.4.